The van der Waals surface area contributed by atoms with Gasteiger partial charge in [-0.2, -0.15) is 0 Å². The molecule has 39 heavy (non-hydrogen) atoms. The van der Waals surface area contributed by atoms with Crippen molar-refractivity contribution in [3.8, 4) is 5.75 Å². The van der Waals surface area contributed by atoms with Gasteiger partial charge in [0.1, 0.15) is 18.0 Å². The Morgan fingerprint density at radius 1 is 1.00 bits per heavy atom. The molecular formula is C30H41BrClN3O4. The van der Waals surface area contributed by atoms with Crippen LogP contribution in [-0.4, -0.2) is 82.9 Å². The molecule has 1 N–H and O–H groups in total. The van der Waals surface area contributed by atoms with E-state index in [1.807, 2.05) is 57.2 Å². The molecule has 2 heterocycles. The van der Waals surface area contributed by atoms with Crippen molar-refractivity contribution in [2.75, 3.05) is 45.8 Å². The van der Waals surface area contributed by atoms with E-state index in [4.69, 9.17) is 21.1 Å². The number of ether oxygens (including phenoxy) is 2. The fraction of sp³-hybridized carbons (Fsp3) is 0.567. The van der Waals surface area contributed by atoms with Crippen molar-refractivity contribution < 1.29 is 19.4 Å². The number of carbonyl (C=O) groups excluding carboxylic acids is 1. The second-order valence-electron chi connectivity index (χ2n) is 11.8. The molecule has 0 aromatic heterocycles. The van der Waals surface area contributed by atoms with E-state index < -0.39 is 11.2 Å². The van der Waals surface area contributed by atoms with Crippen LogP contribution in [0.25, 0.3) is 0 Å². The van der Waals surface area contributed by atoms with E-state index in [1.165, 1.54) is 0 Å². The molecule has 0 bridgehead atoms. The molecule has 2 aliphatic heterocycles. The molecule has 2 fully saturated rings. The second-order valence-corrected chi connectivity index (χ2v) is 13.1. The Kier molecular flexibility index (Phi) is 10.2. The van der Waals surface area contributed by atoms with E-state index in [1.54, 1.807) is 4.90 Å². The third kappa shape index (κ3) is 9.35. The minimum absolute atomic E-state index is 0.250. The van der Waals surface area contributed by atoms with Crippen LogP contribution in [-0.2, 0) is 17.9 Å². The molecule has 0 saturated carbocycles. The molecule has 1 amide bonds. The van der Waals surface area contributed by atoms with E-state index in [-0.39, 0.29) is 6.09 Å². The number of nitrogens with zero attached hydrogens (tertiary/aromatic N) is 3. The second kappa shape index (κ2) is 13.2. The fourth-order valence-corrected chi connectivity index (χ4v) is 5.67. The molecule has 0 unspecified atom stereocenters. The summed E-state index contributed by atoms with van der Waals surface area (Å²) >= 11 is 9.61. The monoisotopic (exact) mass is 621 g/mol. The summed E-state index contributed by atoms with van der Waals surface area (Å²) < 4.78 is 12.8. The summed E-state index contributed by atoms with van der Waals surface area (Å²) in [6.07, 6.45) is 2.06. The topological polar surface area (TPSA) is 65.5 Å². The lowest BCUT2D eigenvalue weighted by atomic mass is 9.90. The van der Waals surface area contributed by atoms with Gasteiger partial charge in [0.05, 0.1) is 5.60 Å². The average Bonchev–Trinajstić information content (AvgIpc) is 3.10. The van der Waals surface area contributed by atoms with Crippen LogP contribution in [0.15, 0.2) is 46.9 Å². The van der Waals surface area contributed by atoms with Crippen molar-refractivity contribution in [1.29, 1.82) is 0 Å². The van der Waals surface area contributed by atoms with Crippen LogP contribution >= 0.6 is 27.5 Å². The van der Waals surface area contributed by atoms with Crippen LogP contribution in [0.5, 0.6) is 5.75 Å². The molecule has 7 nitrogen and oxygen atoms in total. The molecule has 4 rings (SSSR count). The predicted molar refractivity (Wildman–Crippen MR) is 158 cm³/mol. The number of amides is 1. The van der Waals surface area contributed by atoms with Crippen molar-refractivity contribution in [3.05, 3.63) is 63.1 Å². The lowest BCUT2D eigenvalue weighted by Gasteiger charge is -2.41. The Balaban J connectivity index is 1.27. The molecule has 214 valence electrons. The molecule has 9 heteroatoms. The normalized spacial score (nSPS) is 19.0. The smallest absolute Gasteiger partial charge is 0.410 e. The van der Waals surface area contributed by atoms with Gasteiger partial charge in [0.25, 0.3) is 0 Å². The van der Waals surface area contributed by atoms with Crippen LogP contribution in [0.2, 0.25) is 5.02 Å². The van der Waals surface area contributed by atoms with Crippen molar-refractivity contribution in [3.63, 3.8) is 0 Å². The van der Waals surface area contributed by atoms with Gasteiger partial charge in [-0.3, -0.25) is 9.80 Å². The Morgan fingerprint density at radius 3 is 2.41 bits per heavy atom. The molecular weight excluding hydrogens is 582 g/mol. The molecule has 2 saturated heterocycles. The summed E-state index contributed by atoms with van der Waals surface area (Å²) in [5.41, 5.74) is 0.978. The van der Waals surface area contributed by atoms with Crippen molar-refractivity contribution >= 4 is 33.6 Å². The molecule has 2 aliphatic rings. The highest BCUT2D eigenvalue weighted by atomic mass is 79.9. The first-order valence-electron chi connectivity index (χ1n) is 13.8. The lowest BCUT2D eigenvalue weighted by molar-refractivity contribution is -0.0462. The molecule has 2 aromatic rings. The number of aliphatic hydroxyl groups is 1. The van der Waals surface area contributed by atoms with Crippen molar-refractivity contribution in [2.45, 2.75) is 64.4 Å². The van der Waals surface area contributed by atoms with Crippen LogP contribution in [0.1, 0.15) is 51.2 Å². The summed E-state index contributed by atoms with van der Waals surface area (Å²) in [6, 6.07) is 13.8. The minimum Gasteiger partial charge on any atom is -0.489 e. The van der Waals surface area contributed by atoms with Gasteiger partial charge < -0.3 is 19.5 Å². The standard InChI is InChI=1S/C30H41BrClN3O4/c1-29(2,3)39-28(36)35-14-4-13-34(17-18-35)22-30(37)11-15-33(16-12-30)20-24-19-25(31)7-10-27(24)38-21-23-5-8-26(32)9-6-23/h5-10,19,37H,4,11-18,20-22H2,1-3H3. The predicted octanol–water partition coefficient (Wildman–Crippen LogP) is 5.95. The van der Waals surface area contributed by atoms with Gasteiger partial charge in [0.2, 0.25) is 0 Å². The highest BCUT2D eigenvalue weighted by Gasteiger charge is 2.35. The number of carbonyl (C=O) groups is 1. The van der Waals surface area contributed by atoms with Gasteiger partial charge >= 0.3 is 6.09 Å². The zero-order valence-electron chi connectivity index (χ0n) is 23.3. The third-order valence-corrected chi connectivity index (χ3v) is 8.01. The van der Waals surface area contributed by atoms with E-state index in [2.05, 4.69) is 31.8 Å². The highest BCUT2D eigenvalue weighted by Crippen LogP contribution is 2.29. The molecule has 0 aliphatic carbocycles. The summed E-state index contributed by atoms with van der Waals surface area (Å²) in [5, 5.41) is 12.2. The first-order valence-corrected chi connectivity index (χ1v) is 15.0. The number of β-amino-alcohol motifs (C(OH)–C–C–N with tert-alkyl or cyclic N) is 1. The molecule has 0 radical (unpaired) electrons. The maximum atomic E-state index is 12.5. The summed E-state index contributed by atoms with van der Waals surface area (Å²) in [5.74, 6) is 0.869. The first-order chi connectivity index (χ1) is 18.5. The van der Waals surface area contributed by atoms with E-state index >= 15 is 0 Å². The van der Waals surface area contributed by atoms with Crippen molar-refractivity contribution in [1.82, 2.24) is 14.7 Å². The molecule has 0 atom stereocenters. The minimum atomic E-state index is -0.719. The number of piperidine rings is 1. The van der Waals surface area contributed by atoms with Crippen LogP contribution in [0.4, 0.5) is 4.79 Å². The summed E-state index contributed by atoms with van der Waals surface area (Å²) in [4.78, 5) is 19.0. The van der Waals surface area contributed by atoms with Gasteiger partial charge in [-0.25, -0.2) is 4.79 Å². The Bertz CT molecular complexity index is 1100. The average molecular weight is 623 g/mol. The summed E-state index contributed by atoms with van der Waals surface area (Å²) in [7, 11) is 0. The zero-order chi connectivity index (χ0) is 28.0. The van der Waals surface area contributed by atoms with E-state index in [0.29, 0.717) is 44.1 Å². The first kappa shape index (κ1) is 30.1. The maximum Gasteiger partial charge on any atom is 0.410 e. The van der Waals surface area contributed by atoms with E-state index in [9.17, 15) is 9.90 Å². The Hall–Kier alpha value is -1.84. The van der Waals surface area contributed by atoms with Gasteiger partial charge in [0.15, 0.2) is 0 Å². The van der Waals surface area contributed by atoms with Gasteiger partial charge in [-0.1, -0.05) is 39.7 Å². The Labute approximate surface area is 246 Å². The van der Waals surface area contributed by atoms with Gasteiger partial charge in [-0.15, -0.1) is 0 Å². The Morgan fingerprint density at radius 2 is 1.72 bits per heavy atom. The number of rotatable bonds is 7. The summed E-state index contributed by atoms with van der Waals surface area (Å²) in [6.45, 7) is 12.1. The molecule has 0 spiro atoms. The highest BCUT2D eigenvalue weighted by molar-refractivity contribution is 9.10. The van der Waals surface area contributed by atoms with Crippen LogP contribution < -0.4 is 4.74 Å². The van der Waals surface area contributed by atoms with E-state index in [0.717, 1.165) is 60.5 Å². The van der Waals surface area contributed by atoms with Gasteiger partial charge in [-0.05, 0) is 75.9 Å². The van der Waals surface area contributed by atoms with Crippen molar-refractivity contribution in [2.24, 2.45) is 0 Å². The lowest BCUT2D eigenvalue weighted by Crippen LogP contribution is -2.51. The quantitative estimate of drug-likeness (QED) is 0.412. The number of halogens is 2. The SMILES string of the molecule is CC(C)(C)OC(=O)N1CCCN(CC2(O)CCN(Cc3cc(Br)ccc3OCc3ccc(Cl)cc3)CC2)CC1. The number of benzene rings is 2. The third-order valence-electron chi connectivity index (χ3n) is 7.27. The largest absolute Gasteiger partial charge is 0.489 e. The fourth-order valence-electron chi connectivity index (χ4n) is 5.13. The number of likely N-dealkylation sites (tertiary alicyclic amines) is 1. The maximum absolute atomic E-state index is 12.5. The van der Waals surface area contributed by atoms with Gasteiger partial charge in [0, 0.05) is 67.4 Å². The molecule has 2 aromatic carbocycles. The number of hydrogen-bond donors (Lipinski definition) is 1. The van der Waals surface area contributed by atoms with Crippen LogP contribution in [0.3, 0.4) is 0 Å². The number of hydrogen-bond acceptors (Lipinski definition) is 6. The van der Waals surface area contributed by atoms with Crippen LogP contribution in [0, 0.1) is 0 Å². The zero-order valence-corrected chi connectivity index (χ0v) is 25.6.